The van der Waals surface area contributed by atoms with Crippen molar-refractivity contribution in [1.82, 2.24) is 4.98 Å². The third kappa shape index (κ3) is 4.12. The van der Waals surface area contributed by atoms with E-state index in [0.29, 0.717) is 11.7 Å². The molecule has 3 N–H and O–H groups in total. The summed E-state index contributed by atoms with van der Waals surface area (Å²) in [6, 6.07) is 6.47. The molecule has 0 saturated carbocycles. The minimum absolute atomic E-state index is 0.0791. The lowest BCUT2D eigenvalue weighted by Gasteiger charge is -2.06. The van der Waals surface area contributed by atoms with Crippen LogP contribution in [0.5, 0.6) is 0 Å². The van der Waals surface area contributed by atoms with Gasteiger partial charge in [-0.25, -0.2) is 4.98 Å². The van der Waals surface area contributed by atoms with E-state index in [9.17, 15) is 4.79 Å². The third-order valence-corrected chi connectivity index (χ3v) is 4.45. The Kier molecular flexibility index (Phi) is 5.09. The van der Waals surface area contributed by atoms with Crippen molar-refractivity contribution in [2.45, 2.75) is 27.2 Å². The van der Waals surface area contributed by atoms with Crippen molar-refractivity contribution in [2.75, 3.05) is 11.9 Å². The van der Waals surface area contributed by atoms with E-state index in [0.717, 1.165) is 11.3 Å². The molecule has 1 amide bonds. The van der Waals surface area contributed by atoms with Crippen LogP contribution in [0.1, 0.15) is 28.5 Å². The molecule has 1 aromatic carbocycles. The van der Waals surface area contributed by atoms with Crippen molar-refractivity contribution < 1.29 is 4.79 Å². The summed E-state index contributed by atoms with van der Waals surface area (Å²) in [7, 11) is 0. The molecule has 0 saturated heterocycles. The fourth-order valence-corrected chi connectivity index (χ4v) is 2.75. The van der Waals surface area contributed by atoms with Crippen LogP contribution < -0.4 is 11.1 Å². The van der Waals surface area contributed by atoms with Crippen LogP contribution in [0.15, 0.2) is 24.4 Å². The number of rotatable bonds is 5. The van der Waals surface area contributed by atoms with E-state index in [1.807, 2.05) is 6.20 Å². The van der Waals surface area contributed by atoms with E-state index in [1.165, 1.54) is 28.0 Å². The molecular formula is C16H21N3OS. The molecule has 0 aliphatic heterocycles. The Morgan fingerprint density at radius 3 is 2.81 bits per heavy atom. The van der Waals surface area contributed by atoms with Gasteiger partial charge in [0.25, 0.3) is 0 Å². The monoisotopic (exact) mass is 303 g/mol. The zero-order valence-electron chi connectivity index (χ0n) is 12.6. The summed E-state index contributed by atoms with van der Waals surface area (Å²) in [5, 5.41) is 3.45. The normalized spacial score (nSPS) is 12.2. The van der Waals surface area contributed by atoms with Crippen molar-refractivity contribution in [2.24, 2.45) is 11.7 Å². The van der Waals surface area contributed by atoms with E-state index < -0.39 is 0 Å². The Morgan fingerprint density at radius 2 is 2.14 bits per heavy atom. The first-order chi connectivity index (χ1) is 9.99. The van der Waals surface area contributed by atoms with Crippen LogP contribution in [-0.2, 0) is 11.2 Å². The minimum atomic E-state index is -0.197. The number of aromatic nitrogens is 1. The van der Waals surface area contributed by atoms with Crippen LogP contribution in [0, 0.1) is 19.8 Å². The third-order valence-electron chi connectivity index (χ3n) is 3.53. The zero-order valence-corrected chi connectivity index (χ0v) is 13.5. The molecule has 0 aliphatic rings. The number of benzene rings is 1. The van der Waals surface area contributed by atoms with Gasteiger partial charge >= 0.3 is 0 Å². The summed E-state index contributed by atoms with van der Waals surface area (Å²) in [6.45, 7) is 6.37. The first-order valence-corrected chi connectivity index (χ1v) is 7.83. The molecular weight excluding hydrogens is 282 g/mol. The van der Waals surface area contributed by atoms with Crippen molar-refractivity contribution >= 4 is 22.4 Å². The number of carbonyl (C=O) groups is 1. The number of nitrogens with one attached hydrogen (secondary N) is 1. The predicted molar refractivity (Wildman–Crippen MR) is 87.7 cm³/mol. The van der Waals surface area contributed by atoms with Crippen LogP contribution in [0.25, 0.3) is 0 Å². The van der Waals surface area contributed by atoms with E-state index in [4.69, 9.17) is 5.73 Å². The molecule has 1 aromatic heterocycles. The van der Waals surface area contributed by atoms with Gasteiger partial charge in [-0.05, 0) is 30.5 Å². The number of anilines is 1. The van der Waals surface area contributed by atoms with Crippen LogP contribution in [0.2, 0.25) is 0 Å². The Hall–Kier alpha value is -1.72. The summed E-state index contributed by atoms with van der Waals surface area (Å²) < 4.78 is 0. The lowest BCUT2D eigenvalue weighted by Crippen LogP contribution is -2.26. The maximum absolute atomic E-state index is 11.8. The quantitative estimate of drug-likeness (QED) is 0.892. The van der Waals surface area contributed by atoms with Crippen molar-refractivity contribution in [3.05, 3.63) is 46.0 Å². The average Bonchev–Trinajstić information content (AvgIpc) is 2.89. The van der Waals surface area contributed by atoms with Gasteiger partial charge in [-0.2, -0.15) is 0 Å². The second kappa shape index (κ2) is 6.83. The average molecular weight is 303 g/mol. The van der Waals surface area contributed by atoms with Crippen LogP contribution in [0.3, 0.4) is 0 Å². The fraction of sp³-hybridized carbons (Fsp3) is 0.375. The van der Waals surface area contributed by atoms with Crippen LogP contribution >= 0.6 is 11.3 Å². The molecule has 1 atom stereocenters. The summed E-state index contributed by atoms with van der Waals surface area (Å²) >= 11 is 1.51. The Morgan fingerprint density at radius 1 is 1.38 bits per heavy atom. The van der Waals surface area contributed by atoms with Gasteiger partial charge in [0.1, 0.15) is 0 Å². The highest BCUT2D eigenvalue weighted by Gasteiger charge is 2.13. The largest absolute Gasteiger partial charge is 0.330 e. The molecule has 1 unspecified atom stereocenters. The summed E-state index contributed by atoms with van der Waals surface area (Å²) in [5.41, 5.74) is 9.33. The topological polar surface area (TPSA) is 68.0 Å². The standard InChI is InChI=1S/C16H21N3OS/c1-10-4-5-13(6-11(10)2)7-14-9-18-16(21-14)19-15(20)12(3)8-17/h4-6,9,12H,7-8,17H2,1-3H3,(H,18,19,20). The van der Waals surface area contributed by atoms with Gasteiger partial charge in [0, 0.05) is 30.0 Å². The SMILES string of the molecule is Cc1ccc(Cc2cnc(NC(=O)C(C)CN)s2)cc1C. The van der Waals surface area contributed by atoms with Crippen molar-refractivity contribution in [3.8, 4) is 0 Å². The molecule has 0 fully saturated rings. The molecule has 21 heavy (non-hydrogen) atoms. The molecule has 2 rings (SSSR count). The maximum Gasteiger partial charge on any atom is 0.230 e. The molecule has 4 nitrogen and oxygen atoms in total. The Balaban J connectivity index is 2.03. The van der Waals surface area contributed by atoms with E-state index in [-0.39, 0.29) is 11.8 Å². The van der Waals surface area contributed by atoms with E-state index in [2.05, 4.69) is 42.3 Å². The van der Waals surface area contributed by atoms with E-state index >= 15 is 0 Å². The smallest absolute Gasteiger partial charge is 0.230 e. The number of amides is 1. The molecule has 0 spiro atoms. The van der Waals surface area contributed by atoms with Gasteiger partial charge in [0.05, 0.1) is 0 Å². The number of hydrogen-bond acceptors (Lipinski definition) is 4. The highest BCUT2D eigenvalue weighted by atomic mass is 32.1. The van der Waals surface area contributed by atoms with Crippen LogP contribution in [-0.4, -0.2) is 17.4 Å². The maximum atomic E-state index is 11.8. The number of hydrogen-bond donors (Lipinski definition) is 2. The fourth-order valence-electron chi connectivity index (χ4n) is 1.90. The summed E-state index contributed by atoms with van der Waals surface area (Å²) in [5.74, 6) is -0.276. The first-order valence-electron chi connectivity index (χ1n) is 7.01. The first kappa shape index (κ1) is 15.7. The Labute approximate surface area is 129 Å². The van der Waals surface area contributed by atoms with Gasteiger partial charge in [-0.3, -0.25) is 4.79 Å². The second-order valence-corrected chi connectivity index (χ2v) is 6.47. The van der Waals surface area contributed by atoms with Gasteiger partial charge in [-0.15, -0.1) is 11.3 Å². The number of nitrogens with two attached hydrogens (primary N) is 1. The lowest BCUT2D eigenvalue weighted by atomic mass is 10.0. The number of nitrogens with zero attached hydrogens (tertiary/aromatic N) is 1. The lowest BCUT2D eigenvalue weighted by molar-refractivity contribution is -0.119. The van der Waals surface area contributed by atoms with Crippen molar-refractivity contribution in [1.29, 1.82) is 0 Å². The van der Waals surface area contributed by atoms with Gasteiger partial charge in [0.2, 0.25) is 5.91 Å². The molecule has 0 bridgehead atoms. The Bertz CT molecular complexity index is 636. The van der Waals surface area contributed by atoms with Gasteiger partial charge < -0.3 is 11.1 Å². The molecule has 2 aromatic rings. The van der Waals surface area contributed by atoms with E-state index in [1.54, 1.807) is 6.92 Å². The summed E-state index contributed by atoms with van der Waals surface area (Å²) in [6.07, 6.45) is 2.66. The summed E-state index contributed by atoms with van der Waals surface area (Å²) in [4.78, 5) is 17.2. The number of aryl methyl sites for hydroxylation is 2. The molecule has 0 aliphatic carbocycles. The minimum Gasteiger partial charge on any atom is -0.330 e. The van der Waals surface area contributed by atoms with Crippen molar-refractivity contribution in [3.63, 3.8) is 0 Å². The molecule has 5 heteroatoms. The van der Waals surface area contributed by atoms with Crippen LogP contribution in [0.4, 0.5) is 5.13 Å². The predicted octanol–water partition coefficient (Wildman–Crippen LogP) is 2.88. The van der Waals surface area contributed by atoms with Gasteiger partial charge in [-0.1, -0.05) is 25.1 Å². The highest BCUT2D eigenvalue weighted by molar-refractivity contribution is 7.15. The zero-order chi connectivity index (χ0) is 15.4. The highest BCUT2D eigenvalue weighted by Crippen LogP contribution is 2.22. The number of carbonyl (C=O) groups excluding carboxylic acids is 1. The molecule has 112 valence electrons. The number of thiazole rings is 1. The van der Waals surface area contributed by atoms with Gasteiger partial charge in [0.15, 0.2) is 5.13 Å². The molecule has 0 radical (unpaired) electrons. The molecule has 1 heterocycles. The second-order valence-electron chi connectivity index (χ2n) is 5.35.